The Morgan fingerprint density at radius 2 is 1.65 bits per heavy atom. The van der Waals surface area contributed by atoms with E-state index >= 15 is 0 Å². The van der Waals surface area contributed by atoms with E-state index in [1.54, 1.807) is 36.4 Å². The van der Waals surface area contributed by atoms with Crippen LogP contribution in [0.1, 0.15) is 17.2 Å². The molecule has 1 unspecified atom stereocenters. The van der Waals surface area contributed by atoms with Crippen molar-refractivity contribution >= 4 is 32.9 Å². The number of aryl methyl sites for hydroxylation is 1. The second-order valence-electron chi connectivity index (χ2n) is 5.84. The van der Waals surface area contributed by atoms with Crippen molar-refractivity contribution in [2.45, 2.75) is 24.2 Å². The van der Waals surface area contributed by atoms with Gasteiger partial charge in [0.1, 0.15) is 0 Å². The fraction of sp³-hybridized carbons (Fsp3) is 0.176. The normalized spacial score (nSPS) is 13.9. The zero-order valence-electron chi connectivity index (χ0n) is 13.9. The molecule has 0 aliphatic rings. The Hall–Kier alpha value is -1.58. The number of hydrogen-bond acceptors (Lipinski definition) is 2. The summed E-state index contributed by atoms with van der Waals surface area (Å²) in [6.07, 6.45) is 1.11. The molecule has 1 N–H and O–H groups in total. The zero-order valence-corrected chi connectivity index (χ0v) is 16.3. The maximum Gasteiger partial charge on any atom is 0.482 e. The lowest BCUT2D eigenvalue weighted by atomic mass is 9.86. The number of halogens is 4. The molecule has 0 aromatic heterocycles. The molecular weight excluding hydrogens is 430 g/mol. The van der Waals surface area contributed by atoms with Crippen LogP contribution in [-0.4, -0.2) is 15.4 Å². The third kappa shape index (κ3) is 6.30. The lowest BCUT2D eigenvalue weighted by Gasteiger charge is -2.17. The third-order valence-electron chi connectivity index (χ3n) is 3.57. The zero-order chi connectivity index (χ0) is 19.4. The van der Waals surface area contributed by atoms with Crippen molar-refractivity contribution in [3.05, 3.63) is 76.3 Å². The first-order valence-corrected chi connectivity index (χ1v) is 10.1. The number of hydrogen-bond donors (Lipinski definition) is 1. The standard InChI is InChI=1S/C17H17BBrF3NO2S/c1-13-4-10-16(11-5-13)26(24,25)23-17(3-2-12-18(20,21)22)14-6-8-15(19)9-7-14/h2-11,17,23H,12H2,1H3/q-1/b3-2+. The first kappa shape index (κ1) is 20.7. The summed E-state index contributed by atoms with van der Waals surface area (Å²) in [4.78, 5) is 0.0543. The molecule has 0 fully saturated rings. The van der Waals surface area contributed by atoms with Gasteiger partial charge in [0.2, 0.25) is 10.0 Å². The molecule has 0 saturated heterocycles. The van der Waals surface area contributed by atoms with Crippen LogP contribution < -0.4 is 4.72 Å². The van der Waals surface area contributed by atoms with Gasteiger partial charge in [0, 0.05) is 4.47 Å². The van der Waals surface area contributed by atoms with E-state index in [4.69, 9.17) is 0 Å². The molecule has 0 saturated carbocycles. The SMILES string of the molecule is Cc1ccc(S(=O)(=O)NC(/C=C/C[B-](F)(F)F)c2ccc(Br)cc2)cc1. The van der Waals surface area contributed by atoms with Crippen LogP contribution in [0, 0.1) is 6.92 Å². The van der Waals surface area contributed by atoms with Gasteiger partial charge in [-0.05, 0) is 36.8 Å². The molecule has 0 bridgehead atoms. The number of sulfonamides is 1. The number of rotatable bonds is 7. The first-order valence-electron chi connectivity index (χ1n) is 7.79. The van der Waals surface area contributed by atoms with Crippen LogP contribution in [0.4, 0.5) is 12.9 Å². The van der Waals surface area contributed by atoms with E-state index in [2.05, 4.69) is 20.7 Å². The number of benzene rings is 2. The van der Waals surface area contributed by atoms with E-state index in [1.165, 1.54) is 18.2 Å². The van der Waals surface area contributed by atoms with Gasteiger partial charge < -0.3 is 12.9 Å². The minimum atomic E-state index is -4.97. The van der Waals surface area contributed by atoms with Crippen molar-refractivity contribution < 1.29 is 21.4 Å². The summed E-state index contributed by atoms with van der Waals surface area (Å²) in [6.45, 7) is -3.14. The van der Waals surface area contributed by atoms with E-state index in [0.29, 0.717) is 5.56 Å². The number of nitrogens with one attached hydrogen (secondary N) is 1. The van der Waals surface area contributed by atoms with E-state index in [9.17, 15) is 21.4 Å². The second kappa shape index (κ2) is 8.41. The Labute approximate surface area is 159 Å². The molecule has 1 atom stereocenters. The van der Waals surface area contributed by atoms with E-state index in [-0.39, 0.29) is 4.90 Å². The summed E-state index contributed by atoms with van der Waals surface area (Å²) in [5.74, 6) is 0. The Balaban J connectivity index is 2.30. The fourth-order valence-electron chi connectivity index (χ4n) is 2.21. The average molecular weight is 447 g/mol. The summed E-state index contributed by atoms with van der Waals surface area (Å²) in [7, 11) is -3.89. The van der Waals surface area contributed by atoms with Crippen LogP contribution in [0.25, 0.3) is 0 Å². The highest BCUT2D eigenvalue weighted by Crippen LogP contribution is 2.23. The highest BCUT2D eigenvalue weighted by molar-refractivity contribution is 9.10. The van der Waals surface area contributed by atoms with Crippen molar-refractivity contribution in [3.63, 3.8) is 0 Å². The van der Waals surface area contributed by atoms with Gasteiger partial charge >= 0.3 is 6.98 Å². The van der Waals surface area contributed by atoms with E-state index in [0.717, 1.165) is 16.1 Å². The van der Waals surface area contributed by atoms with Crippen LogP contribution in [0.15, 0.2) is 70.1 Å². The minimum Gasteiger partial charge on any atom is -0.449 e. The molecule has 0 aliphatic heterocycles. The van der Waals surface area contributed by atoms with Gasteiger partial charge in [0.15, 0.2) is 0 Å². The summed E-state index contributed by atoms with van der Waals surface area (Å²) in [5, 5.41) is 0. The van der Waals surface area contributed by atoms with Crippen LogP contribution in [0.2, 0.25) is 6.32 Å². The Kier molecular flexibility index (Phi) is 6.71. The molecule has 2 rings (SSSR count). The molecule has 0 spiro atoms. The van der Waals surface area contributed by atoms with Gasteiger partial charge in [-0.3, -0.25) is 0 Å². The van der Waals surface area contributed by atoms with E-state index < -0.39 is 29.4 Å². The molecule has 9 heteroatoms. The Bertz CT molecular complexity index is 866. The molecule has 2 aromatic carbocycles. The predicted molar refractivity (Wildman–Crippen MR) is 101 cm³/mol. The maximum absolute atomic E-state index is 12.6. The van der Waals surface area contributed by atoms with Crippen molar-refractivity contribution in [1.29, 1.82) is 0 Å². The van der Waals surface area contributed by atoms with Crippen molar-refractivity contribution in [2.75, 3.05) is 0 Å². The second-order valence-corrected chi connectivity index (χ2v) is 8.47. The molecule has 26 heavy (non-hydrogen) atoms. The lowest BCUT2D eigenvalue weighted by molar-refractivity contribution is 0.477. The quantitative estimate of drug-likeness (QED) is 0.470. The highest BCUT2D eigenvalue weighted by atomic mass is 79.9. The van der Waals surface area contributed by atoms with Gasteiger partial charge in [-0.25, -0.2) is 8.42 Å². The maximum atomic E-state index is 12.6. The molecule has 0 radical (unpaired) electrons. The summed E-state index contributed by atoms with van der Waals surface area (Å²) in [5.41, 5.74) is 1.44. The Morgan fingerprint density at radius 1 is 1.08 bits per heavy atom. The minimum absolute atomic E-state index is 0.0543. The molecular formula is C17H17BBrF3NO2S-. The smallest absolute Gasteiger partial charge is 0.449 e. The van der Waals surface area contributed by atoms with E-state index in [1.807, 2.05) is 6.92 Å². The van der Waals surface area contributed by atoms with Gasteiger partial charge in [0.25, 0.3) is 0 Å². The third-order valence-corrected chi connectivity index (χ3v) is 5.56. The Morgan fingerprint density at radius 3 is 2.19 bits per heavy atom. The van der Waals surface area contributed by atoms with Crippen molar-refractivity contribution in [2.24, 2.45) is 0 Å². The monoisotopic (exact) mass is 446 g/mol. The van der Waals surface area contributed by atoms with Crippen LogP contribution in [-0.2, 0) is 10.0 Å². The summed E-state index contributed by atoms with van der Waals surface area (Å²) >= 11 is 3.28. The van der Waals surface area contributed by atoms with Gasteiger partial charge in [-0.15, -0.1) is 6.08 Å². The summed E-state index contributed by atoms with van der Waals surface area (Å²) < 4.78 is 65.8. The predicted octanol–water partition coefficient (Wildman–Crippen LogP) is 5.18. The molecule has 2 aromatic rings. The van der Waals surface area contributed by atoms with Crippen molar-refractivity contribution in [3.8, 4) is 0 Å². The molecule has 0 amide bonds. The van der Waals surface area contributed by atoms with Crippen molar-refractivity contribution in [1.82, 2.24) is 4.72 Å². The van der Waals surface area contributed by atoms with Crippen LogP contribution >= 0.6 is 15.9 Å². The van der Waals surface area contributed by atoms with Gasteiger partial charge in [-0.2, -0.15) is 4.72 Å². The number of allylic oxidation sites excluding steroid dienone is 1. The lowest BCUT2D eigenvalue weighted by Crippen LogP contribution is -2.27. The fourth-order valence-corrected chi connectivity index (χ4v) is 3.65. The van der Waals surface area contributed by atoms with Gasteiger partial charge in [-0.1, -0.05) is 58.2 Å². The summed E-state index contributed by atoms with van der Waals surface area (Å²) in [6, 6.07) is 12.0. The molecule has 0 heterocycles. The van der Waals surface area contributed by atoms with Crippen LogP contribution in [0.3, 0.4) is 0 Å². The average Bonchev–Trinajstić information content (AvgIpc) is 2.54. The largest absolute Gasteiger partial charge is 0.482 e. The first-order chi connectivity index (χ1) is 12.1. The van der Waals surface area contributed by atoms with Gasteiger partial charge in [0.05, 0.1) is 10.9 Å². The van der Waals surface area contributed by atoms with Crippen LogP contribution in [0.5, 0.6) is 0 Å². The molecule has 140 valence electrons. The molecule has 0 aliphatic carbocycles. The highest BCUT2D eigenvalue weighted by Gasteiger charge is 2.22. The topological polar surface area (TPSA) is 46.2 Å². The molecule has 3 nitrogen and oxygen atoms in total.